The van der Waals surface area contributed by atoms with Crippen LogP contribution >= 0.6 is 15.9 Å². The fraction of sp³-hybridized carbons (Fsp3) is 0.417. The van der Waals surface area contributed by atoms with Crippen LogP contribution in [0.15, 0.2) is 22.7 Å². The number of nitro benzene ring substituents is 1. The highest BCUT2D eigenvalue weighted by atomic mass is 79.9. The normalized spacial score (nSPS) is 13.8. The molecule has 1 aromatic carbocycles. The topological polar surface area (TPSA) is 66.9 Å². The van der Waals surface area contributed by atoms with E-state index >= 15 is 0 Å². The summed E-state index contributed by atoms with van der Waals surface area (Å²) in [5.74, 6) is 0. The fourth-order valence-electron chi connectivity index (χ4n) is 1.52. The van der Waals surface area contributed by atoms with Crippen LogP contribution in [0.4, 0.5) is 5.69 Å². The van der Waals surface area contributed by atoms with Crippen molar-refractivity contribution in [1.82, 2.24) is 0 Å². The third-order valence-electron chi connectivity index (χ3n) is 2.87. The summed E-state index contributed by atoms with van der Waals surface area (Å²) < 4.78 is 0.670. The number of rotatable bonds is 4. The van der Waals surface area contributed by atoms with E-state index in [4.69, 9.17) is 5.26 Å². The summed E-state index contributed by atoms with van der Waals surface area (Å²) in [6.45, 7) is 3.73. The van der Waals surface area contributed by atoms with E-state index < -0.39 is 10.3 Å². The summed E-state index contributed by atoms with van der Waals surface area (Å²) in [6, 6.07) is 7.16. The van der Waals surface area contributed by atoms with Gasteiger partial charge in [-0.25, -0.2) is 0 Å². The van der Waals surface area contributed by atoms with E-state index in [1.54, 1.807) is 12.1 Å². The molecule has 0 radical (unpaired) electrons. The Morgan fingerprint density at radius 1 is 1.59 bits per heavy atom. The van der Waals surface area contributed by atoms with Crippen molar-refractivity contribution in [2.75, 3.05) is 0 Å². The summed E-state index contributed by atoms with van der Waals surface area (Å²) in [7, 11) is 0. The molecule has 0 saturated heterocycles. The van der Waals surface area contributed by atoms with Gasteiger partial charge in [-0.3, -0.25) is 10.1 Å². The first kappa shape index (κ1) is 13.7. The summed E-state index contributed by atoms with van der Waals surface area (Å²) >= 11 is 3.21. The Morgan fingerprint density at radius 2 is 2.24 bits per heavy atom. The first-order valence-electron chi connectivity index (χ1n) is 5.26. The summed E-state index contributed by atoms with van der Waals surface area (Å²) in [5.41, 5.74) is 0.108. The molecule has 1 unspecified atom stereocenters. The van der Waals surface area contributed by atoms with Gasteiger partial charge in [-0.2, -0.15) is 5.26 Å². The second kappa shape index (κ2) is 5.28. The van der Waals surface area contributed by atoms with Crippen LogP contribution in [0.25, 0.3) is 0 Å². The number of hydrogen-bond acceptors (Lipinski definition) is 3. The maximum Gasteiger partial charge on any atom is 0.273 e. The summed E-state index contributed by atoms with van der Waals surface area (Å²) in [4.78, 5) is 10.5. The molecule has 0 fully saturated rings. The zero-order valence-corrected chi connectivity index (χ0v) is 11.3. The minimum Gasteiger partial charge on any atom is -0.258 e. The van der Waals surface area contributed by atoms with Crippen molar-refractivity contribution in [3.63, 3.8) is 0 Å². The Kier molecular flexibility index (Phi) is 4.24. The van der Waals surface area contributed by atoms with Crippen molar-refractivity contribution in [3.05, 3.63) is 38.3 Å². The molecule has 0 bridgehead atoms. The van der Waals surface area contributed by atoms with Gasteiger partial charge in [0, 0.05) is 16.1 Å². The Hall–Kier alpha value is -1.41. The van der Waals surface area contributed by atoms with Gasteiger partial charge in [-0.1, -0.05) is 28.9 Å². The molecule has 0 N–H and O–H groups in total. The van der Waals surface area contributed by atoms with Crippen LogP contribution in [-0.2, 0) is 6.42 Å². The number of nitrogens with zero attached hydrogens (tertiary/aromatic N) is 2. The molecule has 1 rings (SSSR count). The van der Waals surface area contributed by atoms with E-state index in [1.165, 1.54) is 6.07 Å². The fourth-order valence-corrected chi connectivity index (χ4v) is 1.87. The van der Waals surface area contributed by atoms with Crippen LogP contribution in [0.5, 0.6) is 0 Å². The Morgan fingerprint density at radius 3 is 2.71 bits per heavy atom. The first-order chi connectivity index (χ1) is 7.91. The van der Waals surface area contributed by atoms with E-state index in [9.17, 15) is 10.1 Å². The Balaban J connectivity index is 3.15. The van der Waals surface area contributed by atoms with Crippen molar-refractivity contribution < 1.29 is 4.92 Å². The quantitative estimate of drug-likeness (QED) is 0.626. The second-order valence-corrected chi connectivity index (χ2v) is 5.15. The van der Waals surface area contributed by atoms with Gasteiger partial charge in [0.15, 0.2) is 0 Å². The molecular formula is C12H13BrN2O2. The minimum atomic E-state index is -0.557. The molecule has 90 valence electrons. The van der Waals surface area contributed by atoms with Crippen LogP contribution in [-0.4, -0.2) is 4.92 Å². The average molecular weight is 297 g/mol. The van der Waals surface area contributed by atoms with E-state index in [0.717, 1.165) is 0 Å². The van der Waals surface area contributed by atoms with E-state index in [-0.39, 0.29) is 5.69 Å². The smallest absolute Gasteiger partial charge is 0.258 e. The highest BCUT2D eigenvalue weighted by Gasteiger charge is 2.26. The molecule has 0 aliphatic carbocycles. The Labute approximate surface area is 109 Å². The van der Waals surface area contributed by atoms with Crippen molar-refractivity contribution in [2.24, 2.45) is 5.41 Å². The lowest BCUT2D eigenvalue weighted by atomic mass is 9.82. The molecular weight excluding hydrogens is 284 g/mol. The molecule has 0 heterocycles. The number of halogens is 1. The lowest BCUT2D eigenvalue weighted by molar-refractivity contribution is -0.385. The van der Waals surface area contributed by atoms with Gasteiger partial charge in [0.25, 0.3) is 5.69 Å². The van der Waals surface area contributed by atoms with Crippen LogP contribution in [0.1, 0.15) is 25.8 Å². The number of nitriles is 1. The van der Waals surface area contributed by atoms with Crippen LogP contribution < -0.4 is 0 Å². The van der Waals surface area contributed by atoms with Gasteiger partial charge in [0.2, 0.25) is 0 Å². The molecule has 0 saturated carbocycles. The third kappa shape index (κ3) is 3.27. The molecule has 0 amide bonds. The third-order valence-corrected chi connectivity index (χ3v) is 3.37. The molecule has 1 aromatic rings. The zero-order valence-electron chi connectivity index (χ0n) is 9.74. The maximum atomic E-state index is 10.9. The molecule has 5 heteroatoms. The standard InChI is InChI=1S/C12H13BrN2O2/c1-3-12(2,8-14)7-9-4-5-10(13)6-11(9)15(16)17/h4-6H,3,7H2,1-2H3. The first-order valence-corrected chi connectivity index (χ1v) is 6.05. The molecule has 1 atom stereocenters. The van der Waals surface area contributed by atoms with Gasteiger partial charge in [-0.15, -0.1) is 0 Å². The summed E-state index contributed by atoms with van der Waals surface area (Å²) in [6.07, 6.45) is 1.06. The number of nitro groups is 1. The monoisotopic (exact) mass is 296 g/mol. The van der Waals surface area contributed by atoms with Gasteiger partial charge in [0.05, 0.1) is 16.4 Å². The van der Waals surface area contributed by atoms with Gasteiger partial charge in [-0.05, 0) is 25.8 Å². The highest BCUT2D eigenvalue weighted by Crippen LogP contribution is 2.31. The van der Waals surface area contributed by atoms with Crippen molar-refractivity contribution in [2.45, 2.75) is 26.7 Å². The van der Waals surface area contributed by atoms with Gasteiger partial charge in [0.1, 0.15) is 0 Å². The second-order valence-electron chi connectivity index (χ2n) is 4.23. The van der Waals surface area contributed by atoms with E-state index in [0.29, 0.717) is 22.9 Å². The minimum absolute atomic E-state index is 0.0642. The van der Waals surface area contributed by atoms with E-state index in [1.807, 2.05) is 13.8 Å². The predicted molar refractivity (Wildman–Crippen MR) is 68.5 cm³/mol. The Bertz CT molecular complexity index is 482. The molecule has 0 spiro atoms. The van der Waals surface area contributed by atoms with Crippen molar-refractivity contribution in [3.8, 4) is 6.07 Å². The van der Waals surface area contributed by atoms with Crippen molar-refractivity contribution in [1.29, 1.82) is 5.26 Å². The molecule has 17 heavy (non-hydrogen) atoms. The van der Waals surface area contributed by atoms with Crippen molar-refractivity contribution >= 4 is 21.6 Å². The average Bonchev–Trinajstić information content (AvgIpc) is 2.31. The molecule has 0 aromatic heterocycles. The number of benzene rings is 1. The molecule has 0 aliphatic heterocycles. The predicted octanol–water partition coefficient (Wildman–Crippen LogP) is 3.84. The highest BCUT2D eigenvalue weighted by molar-refractivity contribution is 9.10. The maximum absolute atomic E-state index is 10.9. The van der Waals surface area contributed by atoms with Crippen LogP contribution in [0, 0.1) is 26.9 Å². The van der Waals surface area contributed by atoms with Gasteiger partial charge < -0.3 is 0 Å². The van der Waals surface area contributed by atoms with Crippen LogP contribution in [0.3, 0.4) is 0 Å². The summed E-state index contributed by atoms with van der Waals surface area (Å²) in [5, 5.41) is 20.0. The van der Waals surface area contributed by atoms with Crippen LogP contribution in [0.2, 0.25) is 0 Å². The SMILES string of the molecule is CCC(C)(C#N)Cc1ccc(Br)cc1[N+](=O)[O-]. The largest absolute Gasteiger partial charge is 0.273 e. The van der Waals surface area contributed by atoms with E-state index in [2.05, 4.69) is 22.0 Å². The van der Waals surface area contributed by atoms with Gasteiger partial charge >= 0.3 is 0 Å². The lowest BCUT2D eigenvalue weighted by Gasteiger charge is -2.19. The molecule has 0 aliphatic rings. The lowest BCUT2D eigenvalue weighted by Crippen LogP contribution is -2.16. The zero-order chi connectivity index (χ0) is 13.1. The number of hydrogen-bond donors (Lipinski definition) is 0. The molecule has 4 nitrogen and oxygen atoms in total.